The Morgan fingerprint density at radius 3 is 2.60 bits per heavy atom. The van der Waals surface area contributed by atoms with Gasteiger partial charge in [-0.15, -0.1) is 0 Å². The summed E-state index contributed by atoms with van der Waals surface area (Å²) in [6.45, 7) is 10.9. The minimum atomic E-state index is 0.0993. The van der Waals surface area contributed by atoms with Crippen LogP contribution in [0.25, 0.3) is 0 Å². The Morgan fingerprint density at radius 1 is 1.35 bits per heavy atom. The molecule has 0 spiro atoms. The molecule has 20 heavy (non-hydrogen) atoms. The summed E-state index contributed by atoms with van der Waals surface area (Å²) in [6.07, 6.45) is 2.89. The zero-order valence-corrected chi connectivity index (χ0v) is 13.7. The van der Waals surface area contributed by atoms with Gasteiger partial charge < -0.3 is 15.0 Å². The smallest absolute Gasteiger partial charge is 0.225 e. The molecule has 1 rings (SSSR count). The van der Waals surface area contributed by atoms with Crippen molar-refractivity contribution >= 4 is 5.95 Å². The van der Waals surface area contributed by atoms with Gasteiger partial charge in [-0.2, -0.15) is 0 Å². The fraction of sp³-hybridized carbons (Fsp3) is 0.733. The zero-order valence-electron chi connectivity index (χ0n) is 13.7. The molecule has 1 aromatic heterocycles. The lowest BCUT2D eigenvalue weighted by atomic mass is 10.1. The summed E-state index contributed by atoms with van der Waals surface area (Å²) < 4.78 is 5.06. The van der Waals surface area contributed by atoms with Gasteiger partial charge in [0.25, 0.3) is 0 Å². The fourth-order valence-corrected chi connectivity index (χ4v) is 1.74. The number of methoxy groups -OCH3 is 1. The fourth-order valence-electron chi connectivity index (χ4n) is 1.74. The number of hydrogen-bond donors (Lipinski definition) is 1. The lowest BCUT2D eigenvalue weighted by Crippen LogP contribution is -2.35. The Labute approximate surface area is 122 Å². The highest BCUT2D eigenvalue weighted by atomic mass is 16.5. The van der Waals surface area contributed by atoms with Crippen LogP contribution in [0.5, 0.6) is 0 Å². The van der Waals surface area contributed by atoms with Crippen molar-refractivity contribution in [2.24, 2.45) is 0 Å². The van der Waals surface area contributed by atoms with E-state index in [1.165, 1.54) is 0 Å². The summed E-state index contributed by atoms with van der Waals surface area (Å²) in [6, 6.07) is 0. The van der Waals surface area contributed by atoms with Crippen molar-refractivity contribution in [2.75, 3.05) is 32.2 Å². The minimum absolute atomic E-state index is 0.0993. The molecule has 0 bridgehead atoms. The SMILES string of the molecule is COCCCN(C)c1ncc(CNC(C)(C)C)c(C)n1. The van der Waals surface area contributed by atoms with Crippen LogP contribution in [0, 0.1) is 6.92 Å². The van der Waals surface area contributed by atoms with Crippen LogP contribution in [0.1, 0.15) is 38.4 Å². The van der Waals surface area contributed by atoms with Crippen molar-refractivity contribution in [3.63, 3.8) is 0 Å². The number of ether oxygens (including phenoxy) is 1. The number of aryl methyl sites for hydroxylation is 1. The maximum absolute atomic E-state index is 5.06. The van der Waals surface area contributed by atoms with Crippen LogP contribution in [0.2, 0.25) is 0 Å². The summed E-state index contributed by atoms with van der Waals surface area (Å²) in [5.41, 5.74) is 2.28. The number of nitrogens with one attached hydrogen (secondary N) is 1. The lowest BCUT2D eigenvalue weighted by Gasteiger charge is -2.22. The molecule has 0 saturated carbocycles. The summed E-state index contributed by atoms with van der Waals surface area (Å²) in [5, 5.41) is 3.46. The molecule has 0 unspecified atom stereocenters. The standard InChI is InChI=1S/C15H28N4O/c1-12-13(11-17-15(2,3)4)10-16-14(18-12)19(5)8-7-9-20-6/h10,17H,7-9,11H2,1-6H3. The summed E-state index contributed by atoms with van der Waals surface area (Å²) in [7, 11) is 3.73. The quantitative estimate of drug-likeness (QED) is 0.776. The first-order valence-corrected chi connectivity index (χ1v) is 7.11. The van der Waals surface area contributed by atoms with Crippen LogP contribution in [-0.2, 0) is 11.3 Å². The molecule has 0 atom stereocenters. The first-order chi connectivity index (χ1) is 9.33. The molecule has 0 aromatic carbocycles. The molecule has 0 amide bonds. The molecule has 1 aromatic rings. The molecule has 0 radical (unpaired) electrons. The maximum atomic E-state index is 5.06. The van der Waals surface area contributed by atoms with Crippen molar-refractivity contribution in [1.29, 1.82) is 0 Å². The van der Waals surface area contributed by atoms with Crippen molar-refractivity contribution in [1.82, 2.24) is 15.3 Å². The third-order valence-electron chi connectivity index (χ3n) is 3.06. The van der Waals surface area contributed by atoms with E-state index in [1.807, 2.05) is 20.2 Å². The van der Waals surface area contributed by atoms with Crippen LogP contribution in [0.4, 0.5) is 5.95 Å². The lowest BCUT2D eigenvalue weighted by molar-refractivity contribution is 0.196. The normalized spacial score (nSPS) is 11.7. The van der Waals surface area contributed by atoms with Crippen LogP contribution in [0.3, 0.4) is 0 Å². The van der Waals surface area contributed by atoms with E-state index in [0.29, 0.717) is 0 Å². The molecule has 1 heterocycles. The van der Waals surface area contributed by atoms with Gasteiger partial charge in [-0.25, -0.2) is 9.97 Å². The average Bonchev–Trinajstić information content (AvgIpc) is 2.36. The van der Waals surface area contributed by atoms with Crippen molar-refractivity contribution in [3.05, 3.63) is 17.5 Å². The topological polar surface area (TPSA) is 50.3 Å². The van der Waals surface area contributed by atoms with Crippen LogP contribution < -0.4 is 10.2 Å². The highest BCUT2D eigenvalue weighted by Crippen LogP contribution is 2.11. The molecule has 114 valence electrons. The Kier molecular flexibility index (Phi) is 6.36. The van der Waals surface area contributed by atoms with E-state index >= 15 is 0 Å². The third-order valence-corrected chi connectivity index (χ3v) is 3.06. The molecule has 1 N–H and O–H groups in total. The first-order valence-electron chi connectivity index (χ1n) is 7.11. The molecule has 0 aliphatic heterocycles. The molecule has 0 fully saturated rings. The van der Waals surface area contributed by atoms with Gasteiger partial charge in [-0.05, 0) is 34.1 Å². The number of anilines is 1. The Morgan fingerprint density at radius 2 is 2.05 bits per heavy atom. The summed E-state index contributed by atoms with van der Waals surface area (Å²) in [4.78, 5) is 11.1. The number of aromatic nitrogens is 2. The van der Waals surface area contributed by atoms with Crippen molar-refractivity contribution in [2.45, 2.75) is 46.2 Å². The van der Waals surface area contributed by atoms with E-state index in [4.69, 9.17) is 4.74 Å². The van der Waals surface area contributed by atoms with Crippen LogP contribution in [-0.4, -0.2) is 42.8 Å². The predicted octanol–water partition coefficient (Wildman–Crippen LogP) is 2.15. The summed E-state index contributed by atoms with van der Waals surface area (Å²) in [5.74, 6) is 0.776. The van der Waals surface area contributed by atoms with Gasteiger partial charge in [-0.1, -0.05) is 0 Å². The van der Waals surface area contributed by atoms with Gasteiger partial charge in [0.2, 0.25) is 5.95 Å². The second kappa shape index (κ2) is 7.55. The van der Waals surface area contributed by atoms with Crippen LogP contribution >= 0.6 is 0 Å². The highest BCUT2D eigenvalue weighted by Gasteiger charge is 2.11. The monoisotopic (exact) mass is 280 g/mol. The van der Waals surface area contributed by atoms with Crippen molar-refractivity contribution < 1.29 is 4.74 Å². The average molecular weight is 280 g/mol. The van der Waals surface area contributed by atoms with Crippen LogP contribution in [0.15, 0.2) is 6.20 Å². The highest BCUT2D eigenvalue weighted by molar-refractivity contribution is 5.31. The van der Waals surface area contributed by atoms with Gasteiger partial charge in [0, 0.05) is 56.8 Å². The molecule has 5 heteroatoms. The number of nitrogens with zero attached hydrogens (tertiary/aromatic N) is 3. The Balaban J connectivity index is 2.62. The maximum Gasteiger partial charge on any atom is 0.225 e. The molecule has 0 saturated heterocycles. The van der Waals surface area contributed by atoms with Gasteiger partial charge in [0.05, 0.1) is 0 Å². The second-order valence-electron chi connectivity index (χ2n) is 6.15. The zero-order chi connectivity index (χ0) is 15.2. The molecule has 5 nitrogen and oxygen atoms in total. The van der Waals surface area contributed by atoms with E-state index in [0.717, 1.165) is 43.3 Å². The molecule has 0 aliphatic rings. The molecular formula is C15H28N4O. The first kappa shape index (κ1) is 16.9. The van der Waals surface area contributed by atoms with E-state index in [9.17, 15) is 0 Å². The van der Waals surface area contributed by atoms with Crippen molar-refractivity contribution in [3.8, 4) is 0 Å². The Bertz CT molecular complexity index is 415. The third kappa shape index (κ3) is 5.84. The molecular weight excluding hydrogens is 252 g/mol. The van der Waals surface area contributed by atoms with E-state index in [-0.39, 0.29) is 5.54 Å². The number of rotatable bonds is 7. The second-order valence-corrected chi connectivity index (χ2v) is 6.15. The predicted molar refractivity (Wildman–Crippen MR) is 83.1 cm³/mol. The largest absolute Gasteiger partial charge is 0.385 e. The van der Waals surface area contributed by atoms with Gasteiger partial charge in [0.15, 0.2) is 0 Å². The van der Waals surface area contributed by atoms with E-state index in [2.05, 4.69) is 41.0 Å². The number of hydrogen-bond acceptors (Lipinski definition) is 5. The minimum Gasteiger partial charge on any atom is -0.385 e. The Hall–Kier alpha value is -1.20. The van der Waals surface area contributed by atoms with Gasteiger partial charge in [-0.3, -0.25) is 0 Å². The van der Waals surface area contributed by atoms with E-state index in [1.54, 1.807) is 7.11 Å². The molecule has 0 aliphatic carbocycles. The van der Waals surface area contributed by atoms with E-state index < -0.39 is 0 Å². The summed E-state index contributed by atoms with van der Waals surface area (Å²) >= 11 is 0. The van der Waals surface area contributed by atoms with Gasteiger partial charge in [0.1, 0.15) is 0 Å². The van der Waals surface area contributed by atoms with Gasteiger partial charge >= 0.3 is 0 Å².